The van der Waals surface area contributed by atoms with Gasteiger partial charge in [-0.1, -0.05) is 19.1 Å². The molecule has 2 aliphatic rings. The van der Waals surface area contributed by atoms with Crippen LogP contribution in [0, 0.1) is 5.92 Å². The largest absolute Gasteiger partial charge is 0.377 e. The van der Waals surface area contributed by atoms with Crippen molar-refractivity contribution < 1.29 is 13.2 Å². The summed E-state index contributed by atoms with van der Waals surface area (Å²) >= 11 is 0. The lowest BCUT2D eigenvalue weighted by atomic mass is 9.72. The van der Waals surface area contributed by atoms with E-state index in [0.29, 0.717) is 22.9 Å². The summed E-state index contributed by atoms with van der Waals surface area (Å²) < 4.78 is 30.4. The van der Waals surface area contributed by atoms with Crippen LogP contribution < -0.4 is 11.1 Å². The maximum Gasteiger partial charge on any atom is 0.180 e. The average Bonchev–Trinajstić information content (AvgIpc) is 2.90. The van der Waals surface area contributed by atoms with Gasteiger partial charge >= 0.3 is 0 Å². The Kier molecular flexibility index (Phi) is 3.94. The fraction of sp³-hybridized carbons (Fsp3) is 0.600. The molecule has 1 saturated heterocycles. The van der Waals surface area contributed by atoms with Gasteiger partial charge in [0.1, 0.15) is 0 Å². The second-order valence-electron chi connectivity index (χ2n) is 5.85. The quantitative estimate of drug-likeness (QED) is 0.859. The Bertz CT molecular complexity index is 617. The fourth-order valence-corrected chi connectivity index (χ4v) is 4.85. The van der Waals surface area contributed by atoms with E-state index in [1.807, 2.05) is 13.0 Å². The Labute approximate surface area is 125 Å². The van der Waals surface area contributed by atoms with Gasteiger partial charge in [0, 0.05) is 18.6 Å². The van der Waals surface area contributed by atoms with Gasteiger partial charge in [0.25, 0.3) is 0 Å². The topological polar surface area (TPSA) is 81.4 Å². The van der Waals surface area contributed by atoms with Crippen molar-refractivity contribution in [1.82, 2.24) is 0 Å². The molecule has 1 saturated carbocycles. The first kappa shape index (κ1) is 14.8. The van der Waals surface area contributed by atoms with Crippen molar-refractivity contribution in [3.63, 3.8) is 0 Å². The summed E-state index contributed by atoms with van der Waals surface area (Å²) in [7, 11) is -3.25. The molecule has 3 rings (SSSR count). The maximum absolute atomic E-state index is 12.3. The first-order valence-corrected chi connectivity index (χ1v) is 9.15. The molecule has 116 valence electrons. The highest BCUT2D eigenvalue weighted by Gasteiger charge is 2.52. The number of benzene rings is 1. The number of para-hydroxylation sites is 1. The van der Waals surface area contributed by atoms with Crippen LogP contribution in [0.5, 0.6) is 0 Å². The molecule has 1 heterocycles. The lowest BCUT2D eigenvalue weighted by Gasteiger charge is -2.46. The molecule has 1 aromatic rings. The van der Waals surface area contributed by atoms with E-state index in [9.17, 15) is 8.42 Å². The number of nitrogens with two attached hydrogens (primary N) is 1. The average molecular weight is 310 g/mol. The van der Waals surface area contributed by atoms with Crippen LogP contribution in [0.4, 0.5) is 5.69 Å². The molecule has 1 aromatic carbocycles. The summed E-state index contributed by atoms with van der Waals surface area (Å²) in [5.74, 6) is 0.562. The Morgan fingerprint density at radius 1 is 1.38 bits per heavy atom. The van der Waals surface area contributed by atoms with Crippen molar-refractivity contribution in [2.75, 3.05) is 17.7 Å². The Morgan fingerprint density at radius 2 is 2.14 bits per heavy atom. The van der Waals surface area contributed by atoms with Crippen molar-refractivity contribution in [2.45, 2.75) is 42.8 Å². The monoisotopic (exact) mass is 310 g/mol. The molecule has 1 aliphatic heterocycles. The zero-order chi connectivity index (χ0) is 15.0. The van der Waals surface area contributed by atoms with E-state index in [1.54, 1.807) is 18.2 Å². The number of rotatable bonds is 5. The van der Waals surface area contributed by atoms with Gasteiger partial charge in [-0.3, -0.25) is 0 Å². The van der Waals surface area contributed by atoms with Gasteiger partial charge in [-0.15, -0.1) is 0 Å². The van der Waals surface area contributed by atoms with E-state index in [-0.39, 0.29) is 23.9 Å². The minimum atomic E-state index is -3.25. The van der Waals surface area contributed by atoms with Crippen LogP contribution in [0.2, 0.25) is 0 Å². The normalized spacial score (nSPS) is 31.5. The van der Waals surface area contributed by atoms with Crippen LogP contribution in [0.25, 0.3) is 0 Å². The first-order valence-electron chi connectivity index (χ1n) is 7.50. The van der Waals surface area contributed by atoms with Crippen LogP contribution in [0.15, 0.2) is 29.2 Å². The molecule has 0 amide bonds. The van der Waals surface area contributed by atoms with E-state index in [2.05, 4.69) is 5.32 Å². The number of ether oxygens (including phenoxy) is 1. The molecule has 4 unspecified atom stereocenters. The zero-order valence-electron chi connectivity index (χ0n) is 12.2. The molecule has 2 fully saturated rings. The molecule has 5 nitrogen and oxygen atoms in total. The Balaban J connectivity index is 1.83. The van der Waals surface area contributed by atoms with Crippen LogP contribution in [0.3, 0.4) is 0 Å². The van der Waals surface area contributed by atoms with Crippen LogP contribution in [-0.4, -0.2) is 39.0 Å². The minimum absolute atomic E-state index is 0.00419. The molecular formula is C15H22N2O3S. The van der Waals surface area contributed by atoms with Gasteiger partial charge < -0.3 is 15.8 Å². The standard InChI is InChI=1S/C15H22N2O3S/c1-2-9-21(18,19)12-6-4-3-5-11(12)17-14-13(16)10-7-8-20-15(10)14/h3-6,10,13-15,17H,2,7-9,16H2,1H3. The number of hydrogen-bond donors (Lipinski definition) is 2. The minimum Gasteiger partial charge on any atom is -0.377 e. The van der Waals surface area contributed by atoms with Gasteiger partial charge in [-0.05, 0) is 25.0 Å². The van der Waals surface area contributed by atoms with E-state index in [1.165, 1.54) is 0 Å². The summed E-state index contributed by atoms with van der Waals surface area (Å²) in [6.07, 6.45) is 1.72. The van der Waals surface area contributed by atoms with E-state index < -0.39 is 9.84 Å². The molecule has 4 atom stereocenters. The fourth-order valence-electron chi connectivity index (χ4n) is 3.34. The van der Waals surface area contributed by atoms with E-state index >= 15 is 0 Å². The number of sulfone groups is 1. The van der Waals surface area contributed by atoms with E-state index in [4.69, 9.17) is 10.5 Å². The highest BCUT2D eigenvalue weighted by molar-refractivity contribution is 7.91. The van der Waals surface area contributed by atoms with Crippen molar-refractivity contribution in [3.05, 3.63) is 24.3 Å². The third-order valence-electron chi connectivity index (χ3n) is 4.46. The molecule has 0 radical (unpaired) electrons. The maximum atomic E-state index is 12.3. The second kappa shape index (κ2) is 5.59. The summed E-state index contributed by atoms with van der Waals surface area (Å²) in [5.41, 5.74) is 6.82. The van der Waals surface area contributed by atoms with Gasteiger partial charge in [0.15, 0.2) is 9.84 Å². The lowest BCUT2D eigenvalue weighted by molar-refractivity contribution is 0.00529. The molecule has 0 aromatic heterocycles. The van der Waals surface area contributed by atoms with Crippen molar-refractivity contribution in [1.29, 1.82) is 0 Å². The van der Waals surface area contributed by atoms with Gasteiger partial charge in [0.05, 0.1) is 28.5 Å². The third-order valence-corrected chi connectivity index (χ3v) is 6.44. The summed E-state index contributed by atoms with van der Waals surface area (Å²) in [4.78, 5) is 0.362. The Morgan fingerprint density at radius 3 is 2.90 bits per heavy atom. The number of nitrogens with one attached hydrogen (secondary N) is 1. The second-order valence-corrected chi connectivity index (χ2v) is 7.93. The number of fused-ring (bicyclic) bond motifs is 1. The highest BCUT2D eigenvalue weighted by Crippen LogP contribution is 2.40. The Hall–Kier alpha value is -1.11. The number of anilines is 1. The highest BCUT2D eigenvalue weighted by atomic mass is 32.2. The number of hydrogen-bond acceptors (Lipinski definition) is 5. The SMILES string of the molecule is CCCS(=O)(=O)c1ccccc1NC1C(N)C2CCOC21. The zero-order valence-corrected chi connectivity index (χ0v) is 13.0. The van der Waals surface area contributed by atoms with Crippen molar-refractivity contribution in [2.24, 2.45) is 11.7 Å². The van der Waals surface area contributed by atoms with Crippen molar-refractivity contribution in [3.8, 4) is 0 Å². The first-order chi connectivity index (χ1) is 10.0. The molecule has 1 aliphatic carbocycles. The molecular weight excluding hydrogens is 288 g/mol. The van der Waals surface area contributed by atoms with Gasteiger partial charge in [-0.25, -0.2) is 8.42 Å². The van der Waals surface area contributed by atoms with Crippen LogP contribution in [-0.2, 0) is 14.6 Å². The van der Waals surface area contributed by atoms with Gasteiger partial charge in [0.2, 0.25) is 0 Å². The van der Waals surface area contributed by atoms with Crippen LogP contribution in [0.1, 0.15) is 19.8 Å². The summed E-state index contributed by atoms with van der Waals surface area (Å²) in [5, 5.41) is 3.30. The summed E-state index contributed by atoms with van der Waals surface area (Å²) in [6, 6.07) is 7.07. The molecule has 3 N–H and O–H groups in total. The molecule has 21 heavy (non-hydrogen) atoms. The van der Waals surface area contributed by atoms with Crippen molar-refractivity contribution >= 4 is 15.5 Å². The summed E-state index contributed by atoms with van der Waals surface area (Å²) in [6.45, 7) is 2.61. The predicted octanol–water partition coefficient (Wildman–Crippen LogP) is 1.40. The van der Waals surface area contributed by atoms with Crippen LogP contribution >= 0.6 is 0 Å². The molecule has 6 heteroatoms. The smallest absolute Gasteiger partial charge is 0.180 e. The molecule has 0 spiro atoms. The molecule has 0 bridgehead atoms. The van der Waals surface area contributed by atoms with Gasteiger partial charge in [-0.2, -0.15) is 0 Å². The lowest BCUT2D eigenvalue weighted by Crippen LogP contribution is -2.65. The van der Waals surface area contributed by atoms with E-state index in [0.717, 1.165) is 13.0 Å². The third kappa shape index (κ3) is 2.56. The predicted molar refractivity (Wildman–Crippen MR) is 82.0 cm³/mol.